The molecule has 122 valence electrons. The molecule has 1 aromatic heterocycles. The van der Waals surface area contributed by atoms with E-state index in [1.54, 1.807) is 11.8 Å². The monoisotopic (exact) mass is 315 g/mol. The molecule has 1 saturated carbocycles. The number of aliphatic hydroxyl groups is 1. The summed E-state index contributed by atoms with van der Waals surface area (Å²) in [6.45, 7) is 0.348. The van der Waals surface area contributed by atoms with Gasteiger partial charge in [0.15, 0.2) is 0 Å². The fourth-order valence-corrected chi connectivity index (χ4v) is 3.21. The second-order valence-corrected chi connectivity index (χ2v) is 6.03. The molecule has 1 aliphatic carbocycles. The van der Waals surface area contributed by atoms with Crippen LogP contribution in [0.4, 0.5) is 0 Å². The number of aromatic nitrogens is 2. The van der Waals surface area contributed by atoms with Crippen LogP contribution in [-0.2, 0) is 23.8 Å². The summed E-state index contributed by atoms with van der Waals surface area (Å²) in [5.41, 5.74) is 1.13. The van der Waals surface area contributed by atoms with Crippen LogP contribution in [0.2, 0.25) is 0 Å². The van der Waals surface area contributed by atoms with E-state index < -0.39 is 11.5 Å². The van der Waals surface area contributed by atoms with Gasteiger partial charge >= 0.3 is 0 Å². The number of hydrogen-bond donors (Lipinski definition) is 2. The third-order valence-electron chi connectivity index (χ3n) is 4.43. The molecule has 1 heterocycles. The van der Waals surface area contributed by atoms with Gasteiger partial charge in [-0.3, -0.25) is 9.48 Å². The molecule has 0 saturated heterocycles. The van der Waals surface area contributed by atoms with Crippen LogP contribution in [0.5, 0.6) is 5.88 Å². The van der Waals surface area contributed by atoms with Crippen LogP contribution in [0.15, 0.2) is 36.5 Å². The minimum absolute atomic E-state index is 0.0695. The number of hydrogen-bond acceptors (Lipinski definition) is 4. The Labute approximate surface area is 135 Å². The molecule has 2 aromatic rings. The number of aryl methyl sites for hydroxylation is 1. The number of ether oxygens (including phenoxy) is 1. The van der Waals surface area contributed by atoms with Crippen molar-refractivity contribution < 1.29 is 14.6 Å². The van der Waals surface area contributed by atoms with Crippen LogP contribution in [0.25, 0.3) is 0 Å². The summed E-state index contributed by atoms with van der Waals surface area (Å²) in [6, 6.07) is 9.63. The third-order valence-corrected chi connectivity index (χ3v) is 4.43. The van der Waals surface area contributed by atoms with E-state index in [9.17, 15) is 9.90 Å². The van der Waals surface area contributed by atoms with Crippen molar-refractivity contribution >= 4 is 5.91 Å². The third kappa shape index (κ3) is 2.82. The van der Waals surface area contributed by atoms with E-state index in [0.717, 1.165) is 11.1 Å². The minimum Gasteiger partial charge on any atom is -0.480 e. The van der Waals surface area contributed by atoms with Gasteiger partial charge in [0.2, 0.25) is 11.8 Å². The van der Waals surface area contributed by atoms with Gasteiger partial charge in [-0.25, -0.2) is 0 Å². The van der Waals surface area contributed by atoms with E-state index >= 15 is 0 Å². The smallest absolute Gasteiger partial charge is 0.237 e. The van der Waals surface area contributed by atoms with Gasteiger partial charge in [-0.2, -0.15) is 0 Å². The molecular weight excluding hydrogens is 294 g/mol. The number of aliphatic hydroxyl groups excluding tert-OH is 1. The van der Waals surface area contributed by atoms with E-state index in [1.165, 1.54) is 0 Å². The number of carbonyl (C=O) groups is 1. The molecule has 0 aliphatic heterocycles. The Morgan fingerprint density at radius 1 is 1.43 bits per heavy atom. The molecule has 2 N–H and O–H groups in total. The molecule has 1 fully saturated rings. The van der Waals surface area contributed by atoms with Gasteiger partial charge in [0, 0.05) is 19.8 Å². The summed E-state index contributed by atoms with van der Waals surface area (Å²) in [5.74, 6) is 0.440. The van der Waals surface area contributed by atoms with Gasteiger partial charge < -0.3 is 15.2 Å². The molecule has 23 heavy (non-hydrogen) atoms. The summed E-state index contributed by atoms with van der Waals surface area (Å²) in [7, 11) is 3.36. The first-order chi connectivity index (χ1) is 11.0. The van der Waals surface area contributed by atoms with Gasteiger partial charge in [0.25, 0.3) is 0 Å². The maximum absolute atomic E-state index is 12.8. The molecule has 0 bridgehead atoms. The van der Waals surface area contributed by atoms with Crippen LogP contribution in [0.1, 0.15) is 24.0 Å². The number of nitrogens with zero attached hydrogens (tertiary/aromatic N) is 2. The summed E-state index contributed by atoms with van der Waals surface area (Å²) < 4.78 is 6.86. The Morgan fingerprint density at radius 2 is 2.13 bits per heavy atom. The van der Waals surface area contributed by atoms with Crippen LogP contribution >= 0.6 is 0 Å². The number of amides is 1. The van der Waals surface area contributed by atoms with E-state index in [2.05, 4.69) is 10.4 Å². The first-order valence-corrected chi connectivity index (χ1v) is 7.63. The molecule has 1 aliphatic rings. The summed E-state index contributed by atoms with van der Waals surface area (Å²) in [5, 5.41) is 16.9. The highest BCUT2D eigenvalue weighted by molar-refractivity contribution is 5.89. The van der Waals surface area contributed by atoms with Gasteiger partial charge in [-0.05, 0) is 18.4 Å². The summed E-state index contributed by atoms with van der Waals surface area (Å²) in [4.78, 5) is 12.8. The minimum atomic E-state index is -0.643. The molecule has 6 heteroatoms. The van der Waals surface area contributed by atoms with E-state index in [-0.39, 0.29) is 5.91 Å². The zero-order valence-electron chi connectivity index (χ0n) is 13.3. The number of rotatable bonds is 5. The highest BCUT2D eigenvalue weighted by Crippen LogP contribution is 2.44. The quantitative estimate of drug-likeness (QED) is 0.867. The number of nitrogens with one attached hydrogen (secondary N) is 1. The maximum atomic E-state index is 12.8. The van der Waals surface area contributed by atoms with Crippen LogP contribution in [0, 0.1) is 0 Å². The van der Waals surface area contributed by atoms with Crippen molar-refractivity contribution in [2.45, 2.75) is 30.9 Å². The number of benzene rings is 1. The molecule has 0 radical (unpaired) electrons. The number of methoxy groups -OCH3 is 1. The molecule has 3 rings (SSSR count). The lowest BCUT2D eigenvalue weighted by Gasteiger charge is -2.44. The standard InChI is InChI=1S/C17H21N3O3/c1-20-11-12(15(19-20)23-2)10-18-16(22)17(8-14(21)9-17)13-6-4-3-5-7-13/h3-7,11,14,21H,8-10H2,1-2H3,(H,18,22). The average Bonchev–Trinajstić information content (AvgIpc) is 2.90. The van der Waals surface area contributed by atoms with E-state index in [1.807, 2.05) is 43.6 Å². The van der Waals surface area contributed by atoms with Crippen LogP contribution in [0.3, 0.4) is 0 Å². The van der Waals surface area contributed by atoms with Crippen molar-refractivity contribution in [3.8, 4) is 5.88 Å². The Bertz CT molecular complexity index is 690. The Hall–Kier alpha value is -2.34. The lowest BCUT2D eigenvalue weighted by molar-refractivity contribution is -0.135. The highest BCUT2D eigenvalue weighted by atomic mass is 16.5. The van der Waals surface area contributed by atoms with E-state index in [4.69, 9.17) is 4.74 Å². The van der Waals surface area contributed by atoms with Crippen molar-refractivity contribution in [3.63, 3.8) is 0 Å². The number of carbonyl (C=O) groups excluding carboxylic acids is 1. The zero-order chi connectivity index (χ0) is 16.4. The Balaban J connectivity index is 1.75. The highest BCUT2D eigenvalue weighted by Gasteiger charge is 2.50. The predicted octanol–water partition coefficient (Wildman–Crippen LogP) is 1.14. The lowest BCUT2D eigenvalue weighted by Crippen LogP contribution is -2.55. The zero-order valence-corrected chi connectivity index (χ0v) is 13.3. The molecule has 0 unspecified atom stereocenters. The van der Waals surface area contributed by atoms with Crippen molar-refractivity contribution in [3.05, 3.63) is 47.7 Å². The normalized spacial score (nSPS) is 23.2. The molecule has 1 amide bonds. The lowest BCUT2D eigenvalue weighted by atomic mass is 9.62. The van der Waals surface area contributed by atoms with Gasteiger partial charge in [0.05, 0.1) is 24.2 Å². The van der Waals surface area contributed by atoms with Crippen molar-refractivity contribution in [2.24, 2.45) is 7.05 Å². The van der Waals surface area contributed by atoms with E-state index in [0.29, 0.717) is 25.3 Å². The topological polar surface area (TPSA) is 76.4 Å². The second-order valence-electron chi connectivity index (χ2n) is 6.03. The average molecular weight is 315 g/mol. The van der Waals surface area contributed by atoms with Gasteiger partial charge in [-0.15, -0.1) is 5.10 Å². The summed E-state index contributed by atoms with van der Waals surface area (Å²) in [6.07, 6.45) is 2.30. The fourth-order valence-electron chi connectivity index (χ4n) is 3.21. The second kappa shape index (κ2) is 6.04. The van der Waals surface area contributed by atoms with Crippen molar-refractivity contribution in [1.29, 1.82) is 0 Å². The van der Waals surface area contributed by atoms with Gasteiger partial charge in [-0.1, -0.05) is 30.3 Å². The maximum Gasteiger partial charge on any atom is 0.237 e. The molecule has 0 atom stereocenters. The fraction of sp³-hybridized carbons (Fsp3) is 0.412. The molecular formula is C17H21N3O3. The Kier molecular flexibility index (Phi) is 4.09. The Morgan fingerprint density at radius 3 is 2.74 bits per heavy atom. The first-order valence-electron chi connectivity index (χ1n) is 7.63. The predicted molar refractivity (Wildman–Crippen MR) is 85.0 cm³/mol. The summed E-state index contributed by atoms with van der Waals surface area (Å²) >= 11 is 0. The van der Waals surface area contributed by atoms with Crippen LogP contribution < -0.4 is 10.1 Å². The van der Waals surface area contributed by atoms with Gasteiger partial charge in [0.1, 0.15) is 0 Å². The first kappa shape index (κ1) is 15.6. The van der Waals surface area contributed by atoms with Crippen molar-refractivity contribution in [1.82, 2.24) is 15.1 Å². The SMILES string of the molecule is COc1nn(C)cc1CNC(=O)C1(c2ccccc2)CC(O)C1. The molecule has 6 nitrogen and oxygen atoms in total. The molecule has 1 aromatic carbocycles. The largest absolute Gasteiger partial charge is 0.480 e. The molecule has 0 spiro atoms. The van der Waals surface area contributed by atoms with Crippen molar-refractivity contribution in [2.75, 3.05) is 7.11 Å². The van der Waals surface area contributed by atoms with Crippen LogP contribution in [-0.4, -0.2) is 34.0 Å².